The largest absolute Gasteiger partial charge is 0.261 e. The van der Waals surface area contributed by atoms with Gasteiger partial charge < -0.3 is 0 Å². The van der Waals surface area contributed by atoms with Gasteiger partial charge in [0.05, 0.1) is 11.2 Å². The first-order chi connectivity index (χ1) is 12.4. The molecule has 0 aliphatic rings. The van der Waals surface area contributed by atoms with Gasteiger partial charge in [-0.2, -0.15) is 5.10 Å². The number of fused-ring (bicyclic) bond motifs is 1. The molecule has 0 aliphatic heterocycles. The second kappa shape index (κ2) is 6.97. The number of benzene rings is 3. The summed E-state index contributed by atoms with van der Waals surface area (Å²) in [6.07, 6.45) is 0. The third-order valence-corrected chi connectivity index (χ3v) is 3.98. The molecule has 4 rings (SSSR count). The van der Waals surface area contributed by atoms with E-state index in [2.05, 4.69) is 45.8 Å². The second-order valence-corrected chi connectivity index (χ2v) is 5.69. The lowest BCUT2D eigenvalue weighted by Crippen LogP contribution is -2.07. The highest BCUT2D eigenvalue weighted by atomic mass is 15.3. The maximum atomic E-state index is 4.65. The third kappa shape index (κ3) is 3.40. The van der Waals surface area contributed by atoms with Gasteiger partial charge >= 0.3 is 0 Å². The van der Waals surface area contributed by atoms with Gasteiger partial charge in [0.1, 0.15) is 5.82 Å². The summed E-state index contributed by atoms with van der Waals surface area (Å²) in [6, 6.07) is 32.3. The Kier molecular flexibility index (Phi) is 4.21. The molecule has 1 N–H and O–H groups in total. The Morgan fingerprint density at radius 1 is 0.640 bits per heavy atom. The molecule has 0 unspecified atom stereocenters. The van der Waals surface area contributed by atoms with Crippen LogP contribution in [0.1, 0.15) is 11.1 Å². The van der Waals surface area contributed by atoms with E-state index in [4.69, 9.17) is 0 Å². The van der Waals surface area contributed by atoms with Crippen molar-refractivity contribution in [2.75, 3.05) is 5.43 Å². The molecule has 0 bridgehead atoms. The number of anilines is 1. The Morgan fingerprint density at radius 2 is 1.24 bits per heavy atom. The minimum absolute atomic E-state index is 0.725. The van der Waals surface area contributed by atoms with Crippen molar-refractivity contribution in [1.29, 1.82) is 0 Å². The van der Waals surface area contributed by atoms with Gasteiger partial charge in [-0.3, -0.25) is 5.43 Å². The summed E-state index contributed by atoms with van der Waals surface area (Å²) >= 11 is 0. The number of hydrogen-bond donors (Lipinski definition) is 1. The summed E-state index contributed by atoms with van der Waals surface area (Å²) in [7, 11) is 0. The highest BCUT2D eigenvalue weighted by molar-refractivity contribution is 6.13. The van der Waals surface area contributed by atoms with Crippen LogP contribution in [0.25, 0.3) is 10.9 Å². The van der Waals surface area contributed by atoms with Gasteiger partial charge in [-0.15, -0.1) is 0 Å². The average molecular weight is 323 g/mol. The van der Waals surface area contributed by atoms with E-state index in [9.17, 15) is 0 Å². The second-order valence-electron chi connectivity index (χ2n) is 5.69. The van der Waals surface area contributed by atoms with Crippen molar-refractivity contribution in [2.24, 2.45) is 5.10 Å². The number of rotatable bonds is 4. The molecule has 0 saturated carbocycles. The van der Waals surface area contributed by atoms with E-state index in [1.165, 1.54) is 0 Å². The molecule has 25 heavy (non-hydrogen) atoms. The van der Waals surface area contributed by atoms with Crippen LogP contribution < -0.4 is 5.43 Å². The molecular weight excluding hydrogens is 306 g/mol. The van der Waals surface area contributed by atoms with Crippen LogP contribution in [0.3, 0.4) is 0 Å². The molecule has 3 nitrogen and oxygen atoms in total. The van der Waals surface area contributed by atoms with E-state index >= 15 is 0 Å². The predicted molar refractivity (Wildman–Crippen MR) is 104 cm³/mol. The predicted octanol–water partition coefficient (Wildman–Crippen LogP) is 5.10. The van der Waals surface area contributed by atoms with Crippen LogP contribution in [0.15, 0.2) is 102 Å². The summed E-state index contributed by atoms with van der Waals surface area (Å²) < 4.78 is 0. The summed E-state index contributed by atoms with van der Waals surface area (Å²) in [4.78, 5) is 4.62. The van der Waals surface area contributed by atoms with Gasteiger partial charge in [-0.05, 0) is 18.2 Å². The minimum atomic E-state index is 0.725. The van der Waals surface area contributed by atoms with Crippen molar-refractivity contribution in [3.63, 3.8) is 0 Å². The average Bonchev–Trinajstić information content (AvgIpc) is 2.70. The van der Waals surface area contributed by atoms with Gasteiger partial charge in [0.2, 0.25) is 0 Å². The van der Waals surface area contributed by atoms with E-state index in [1.54, 1.807) is 0 Å². The van der Waals surface area contributed by atoms with E-state index in [0.717, 1.165) is 33.6 Å². The summed E-state index contributed by atoms with van der Waals surface area (Å²) in [5, 5.41) is 5.76. The molecule has 3 aromatic carbocycles. The lowest BCUT2D eigenvalue weighted by Gasteiger charge is -2.08. The number of hydrazone groups is 1. The molecule has 1 aromatic heterocycles. The highest BCUT2D eigenvalue weighted by Gasteiger charge is 2.06. The van der Waals surface area contributed by atoms with Crippen molar-refractivity contribution in [3.05, 3.63) is 108 Å². The molecule has 120 valence electrons. The number of pyridine rings is 1. The van der Waals surface area contributed by atoms with Gasteiger partial charge in [-0.25, -0.2) is 4.98 Å². The molecule has 0 fully saturated rings. The van der Waals surface area contributed by atoms with Gasteiger partial charge in [0.25, 0.3) is 0 Å². The van der Waals surface area contributed by atoms with Crippen molar-refractivity contribution >= 4 is 22.4 Å². The van der Waals surface area contributed by atoms with Crippen LogP contribution in [0.2, 0.25) is 0 Å². The fourth-order valence-electron chi connectivity index (χ4n) is 2.73. The maximum Gasteiger partial charge on any atom is 0.146 e. The topological polar surface area (TPSA) is 37.3 Å². The van der Waals surface area contributed by atoms with Crippen LogP contribution >= 0.6 is 0 Å². The van der Waals surface area contributed by atoms with Crippen molar-refractivity contribution < 1.29 is 0 Å². The third-order valence-electron chi connectivity index (χ3n) is 3.98. The normalized spacial score (nSPS) is 10.4. The van der Waals surface area contributed by atoms with E-state index in [-0.39, 0.29) is 0 Å². The fraction of sp³-hybridized carbons (Fsp3) is 0. The number of para-hydroxylation sites is 1. The van der Waals surface area contributed by atoms with E-state index < -0.39 is 0 Å². The van der Waals surface area contributed by atoms with Crippen LogP contribution in [0.5, 0.6) is 0 Å². The smallest absolute Gasteiger partial charge is 0.146 e. The summed E-state index contributed by atoms with van der Waals surface area (Å²) in [6.45, 7) is 0. The molecule has 0 atom stereocenters. The molecule has 1 heterocycles. The Labute approximate surface area is 146 Å². The molecular formula is C22H17N3. The zero-order valence-electron chi connectivity index (χ0n) is 13.6. The molecule has 0 amide bonds. The zero-order chi connectivity index (χ0) is 16.9. The minimum Gasteiger partial charge on any atom is -0.261 e. The lowest BCUT2D eigenvalue weighted by molar-refractivity contribution is 1.25. The Hall–Kier alpha value is -3.46. The number of nitrogens with one attached hydrogen (secondary N) is 1. The molecule has 0 spiro atoms. The number of nitrogens with zero attached hydrogens (tertiary/aromatic N) is 2. The van der Waals surface area contributed by atoms with Gasteiger partial charge in [-0.1, -0.05) is 78.9 Å². The standard InChI is InChI=1S/C22H17N3/c1-3-10-18(11-4-1)22(19-12-5-2-6-13-19)25-24-21-16-15-17-9-7-8-14-20(17)23-21/h1-16H,(H,23,24). The Balaban J connectivity index is 1.71. The monoisotopic (exact) mass is 323 g/mol. The first-order valence-electron chi connectivity index (χ1n) is 8.20. The quantitative estimate of drug-likeness (QED) is 0.419. The van der Waals surface area contributed by atoms with Gasteiger partial charge in [0.15, 0.2) is 0 Å². The lowest BCUT2D eigenvalue weighted by atomic mass is 10.0. The highest BCUT2D eigenvalue weighted by Crippen LogP contribution is 2.16. The molecule has 0 saturated heterocycles. The van der Waals surface area contributed by atoms with Crippen molar-refractivity contribution in [2.45, 2.75) is 0 Å². The molecule has 0 aliphatic carbocycles. The number of hydrogen-bond acceptors (Lipinski definition) is 3. The van der Waals surface area contributed by atoms with Crippen LogP contribution in [-0.4, -0.2) is 10.7 Å². The molecule has 3 heteroatoms. The van der Waals surface area contributed by atoms with E-state index in [1.807, 2.05) is 66.7 Å². The Bertz CT molecular complexity index is 967. The van der Waals surface area contributed by atoms with Crippen LogP contribution in [0, 0.1) is 0 Å². The van der Waals surface area contributed by atoms with Crippen LogP contribution in [-0.2, 0) is 0 Å². The molecule has 4 aromatic rings. The number of aromatic nitrogens is 1. The van der Waals surface area contributed by atoms with Crippen LogP contribution in [0.4, 0.5) is 5.82 Å². The maximum absolute atomic E-state index is 4.65. The van der Waals surface area contributed by atoms with Crippen molar-refractivity contribution in [1.82, 2.24) is 4.98 Å². The SMILES string of the molecule is c1ccc(C(=NNc2ccc3ccccc3n2)c2ccccc2)cc1. The Morgan fingerprint density at radius 3 is 1.92 bits per heavy atom. The van der Waals surface area contributed by atoms with E-state index in [0.29, 0.717) is 0 Å². The van der Waals surface area contributed by atoms with Gasteiger partial charge in [0, 0.05) is 16.5 Å². The zero-order valence-corrected chi connectivity index (χ0v) is 13.6. The summed E-state index contributed by atoms with van der Waals surface area (Å²) in [5.74, 6) is 0.725. The fourth-order valence-corrected chi connectivity index (χ4v) is 2.73. The molecule has 0 radical (unpaired) electrons. The van der Waals surface area contributed by atoms with Crippen molar-refractivity contribution in [3.8, 4) is 0 Å². The first-order valence-corrected chi connectivity index (χ1v) is 8.20. The first kappa shape index (κ1) is 15.1. The summed E-state index contributed by atoms with van der Waals surface area (Å²) in [5.41, 5.74) is 7.06.